The van der Waals surface area contributed by atoms with Gasteiger partial charge in [-0.2, -0.15) is 0 Å². The van der Waals surface area contributed by atoms with Crippen LogP contribution in [0.2, 0.25) is 0 Å². The molecule has 5 N–H and O–H groups in total. The number of aryl methyl sites for hydroxylation is 1. The lowest BCUT2D eigenvalue weighted by Crippen LogP contribution is -2.54. The van der Waals surface area contributed by atoms with Crippen LogP contribution in [0.25, 0.3) is 0 Å². The Morgan fingerprint density at radius 2 is 1.63 bits per heavy atom. The predicted octanol–water partition coefficient (Wildman–Crippen LogP) is 2.27. The number of nitrogens with two attached hydrogens (primary N) is 1. The summed E-state index contributed by atoms with van der Waals surface area (Å²) in [6.07, 6.45) is -1.48. The number of ether oxygens (including phenoxy) is 2. The number of anilines is 1. The average Bonchev–Trinajstić information content (AvgIpc) is 2.83. The van der Waals surface area contributed by atoms with Crippen molar-refractivity contribution in [3.63, 3.8) is 0 Å². The molecule has 2 rings (SSSR count). The summed E-state index contributed by atoms with van der Waals surface area (Å²) in [5.41, 5.74) is 6.33. The van der Waals surface area contributed by atoms with Gasteiger partial charge in [0, 0.05) is 12.2 Å². The summed E-state index contributed by atoms with van der Waals surface area (Å²) >= 11 is 0. The highest BCUT2D eigenvalue weighted by Gasteiger charge is 2.36. The third-order valence-corrected chi connectivity index (χ3v) is 5.33. The summed E-state index contributed by atoms with van der Waals surface area (Å²) in [5, 5.41) is 15.0. The smallest absolute Gasteiger partial charge is 0.408 e. The number of aliphatic hydroxyl groups is 1. The van der Waals surface area contributed by atoms with Gasteiger partial charge >= 0.3 is 6.09 Å². The summed E-state index contributed by atoms with van der Waals surface area (Å²) in [7, 11) is 1.52. The fourth-order valence-electron chi connectivity index (χ4n) is 3.63. The number of amides is 4. The highest BCUT2D eigenvalue weighted by Crippen LogP contribution is 2.26. The van der Waals surface area contributed by atoms with Gasteiger partial charge < -0.3 is 35.8 Å². The van der Waals surface area contributed by atoms with E-state index in [0.717, 1.165) is 10.5 Å². The maximum Gasteiger partial charge on any atom is 0.408 e. The molecule has 2 unspecified atom stereocenters. The molecule has 2 aromatic rings. The zero-order valence-electron chi connectivity index (χ0n) is 22.3. The number of aliphatic hydroxyl groups excluding tert-OH is 1. The standard InChI is InChI=1S/C27H36N4O7/c1-17-6-8-18(9-7-17)23(24(34)29-19-10-12-20(37-5)13-11-19)31(14-15-32)25(35)21(16-22(28)33)30-26(36)38-27(2,3)4/h6-13,21,23,32H,14-16H2,1-5H3,(H2,28,33)(H,29,34)(H,30,36). The predicted molar refractivity (Wildman–Crippen MR) is 141 cm³/mol. The second-order valence-corrected chi connectivity index (χ2v) is 9.66. The lowest BCUT2D eigenvalue weighted by Gasteiger charge is -2.34. The van der Waals surface area contributed by atoms with Crippen molar-refractivity contribution in [1.29, 1.82) is 0 Å². The van der Waals surface area contributed by atoms with Crippen LogP contribution in [0.4, 0.5) is 10.5 Å². The Labute approximate surface area is 222 Å². The molecule has 11 nitrogen and oxygen atoms in total. The van der Waals surface area contributed by atoms with Gasteiger partial charge in [0.1, 0.15) is 23.4 Å². The fraction of sp³-hybridized carbons (Fsp3) is 0.407. The molecule has 0 bridgehead atoms. The van der Waals surface area contributed by atoms with Crippen LogP contribution in [-0.4, -0.2) is 65.7 Å². The van der Waals surface area contributed by atoms with Gasteiger partial charge in [0.15, 0.2) is 0 Å². The summed E-state index contributed by atoms with van der Waals surface area (Å²) in [5.74, 6) is -1.62. The average molecular weight is 529 g/mol. The molecule has 0 spiro atoms. The molecule has 0 aliphatic rings. The van der Waals surface area contributed by atoms with Crippen LogP contribution in [0.1, 0.15) is 44.4 Å². The molecular formula is C27H36N4O7. The first-order chi connectivity index (χ1) is 17.8. The molecule has 38 heavy (non-hydrogen) atoms. The minimum absolute atomic E-state index is 0.265. The highest BCUT2D eigenvalue weighted by atomic mass is 16.6. The van der Waals surface area contributed by atoms with Crippen molar-refractivity contribution >= 4 is 29.5 Å². The first-order valence-electron chi connectivity index (χ1n) is 12.0. The number of carbonyl (C=O) groups excluding carboxylic acids is 4. The van der Waals surface area contributed by atoms with Crippen molar-refractivity contribution in [2.45, 2.75) is 51.8 Å². The number of hydrogen-bond donors (Lipinski definition) is 4. The summed E-state index contributed by atoms with van der Waals surface area (Å²) in [6, 6.07) is 10.9. The van der Waals surface area contributed by atoms with Gasteiger partial charge in [-0.15, -0.1) is 0 Å². The van der Waals surface area contributed by atoms with E-state index in [4.69, 9.17) is 15.2 Å². The molecule has 11 heteroatoms. The van der Waals surface area contributed by atoms with Crippen LogP contribution in [0, 0.1) is 6.92 Å². The SMILES string of the molecule is COc1ccc(NC(=O)C(c2ccc(C)cc2)N(CCO)C(=O)C(CC(N)=O)NC(=O)OC(C)(C)C)cc1. The number of primary amides is 1. The lowest BCUT2D eigenvalue weighted by molar-refractivity contribution is -0.142. The van der Waals surface area contributed by atoms with E-state index in [1.165, 1.54) is 7.11 Å². The molecule has 2 atom stereocenters. The molecule has 0 radical (unpaired) electrons. The van der Waals surface area contributed by atoms with Gasteiger partial charge in [-0.05, 0) is 57.5 Å². The zero-order chi connectivity index (χ0) is 28.5. The molecule has 206 valence electrons. The van der Waals surface area contributed by atoms with Crippen molar-refractivity contribution < 1.29 is 33.8 Å². The lowest BCUT2D eigenvalue weighted by atomic mass is 10.0. The Morgan fingerprint density at radius 3 is 2.13 bits per heavy atom. The first kappa shape index (κ1) is 30.1. The van der Waals surface area contributed by atoms with Crippen LogP contribution in [0.15, 0.2) is 48.5 Å². The van der Waals surface area contributed by atoms with Gasteiger partial charge in [0.05, 0.1) is 20.1 Å². The van der Waals surface area contributed by atoms with E-state index in [-0.39, 0.29) is 6.54 Å². The molecule has 0 saturated carbocycles. The third kappa shape index (κ3) is 9.07. The third-order valence-electron chi connectivity index (χ3n) is 5.33. The van der Waals surface area contributed by atoms with Crippen LogP contribution < -0.4 is 21.1 Å². The van der Waals surface area contributed by atoms with E-state index in [2.05, 4.69) is 10.6 Å². The fourth-order valence-corrected chi connectivity index (χ4v) is 3.63. The number of rotatable bonds is 11. The monoisotopic (exact) mass is 528 g/mol. The van der Waals surface area contributed by atoms with E-state index >= 15 is 0 Å². The van der Waals surface area contributed by atoms with E-state index < -0.39 is 54.5 Å². The zero-order valence-corrected chi connectivity index (χ0v) is 22.3. The van der Waals surface area contributed by atoms with Crippen LogP contribution in [-0.2, 0) is 19.1 Å². The molecule has 4 amide bonds. The molecule has 0 heterocycles. The largest absolute Gasteiger partial charge is 0.497 e. The van der Waals surface area contributed by atoms with E-state index in [0.29, 0.717) is 17.0 Å². The Hall–Kier alpha value is -4.12. The van der Waals surface area contributed by atoms with Crippen LogP contribution in [0.5, 0.6) is 5.75 Å². The Morgan fingerprint density at radius 1 is 1.03 bits per heavy atom. The molecule has 2 aromatic carbocycles. The number of nitrogens with one attached hydrogen (secondary N) is 2. The minimum Gasteiger partial charge on any atom is -0.497 e. The Bertz CT molecular complexity index is 1110. The van der Waals surface area contributed by atoms with Crippen molar-refractivity contribution in [2.75, 3.05) is 25.6 Å². The number of methoxy groups -OCH3 is 1. The minimum atomic E-state index is -1.43. The van der Waals surface area contributed by atoms with Crippen molar-refractivity contribution in [2.24, 2.45) is 5.73 Å². The van der Waals surface area contributed by atoms with Crippen LogP contribution >= 0.6 is 0 Å². The topological polar surface area (TPSA) is 160 Å². The number of benzene rings is 2. The number of hydrogen-bond acceptors (Lipinski definition) is 7. The van der Waals surface area contributed by atoms with Gasteiger partial charge in [-0.1, -0.05) is 29.8 Å². The van der Waals surface area contributed by atoms with Crippen molar-refractivity contribution in [1.82, 2.24) is 10.2 Å². The van der Waals surface area contributed by atoms with Crippen LogP contribution in [0.3, 0.4) is 0 Å². The second kappa shape index (κ2) is 13.4. The van der Waals surface area contributed by atoms with E-state index in [1.807, 2.05) is 6.92 Å². The summed E-state index contributed by atoms with van der Waals surface area (Å²) in [6.45, 7) is 6.06. The van der Waals surface area contributed by atoms with Crippen molar-refractivity contribution in [3.05, 3.63) is 59.7 Å². The molecule has 0 aliphatic carbocycles. The van der Waals surface area contributed by atoms with Crippen molar-refractivity contribution in [3.8, 4) is 5.75 Å². The van der Waals surface area contributed by atoms with Gasteiger partial charge in [-0.25, -0.2) is 4.79 Å². The maximum absolute atomic E-state index is 13.7. The summed E-state index contributed by atoms with van der Waals surface area (Å²) in [4.78, 5) is 52.7. The Kier molecular flexibility index (Phi) is 10.6. The molecule has 0 saturated heterocycles. The van der Waals surface area contributed by atoms with Gasteiger partial charge in [0.2, 0.25) is 11.8 Å². The van der Waals surface area contributed by atoms with E-state index in [9.17, 15) is 24.3 Å². The Balaban J connectivity index is 2.47. The highest BCUT2D eigenvalue weighted by molar-refractivity contribution is 5.99. The first-order valence-corrected chi connectivity index (χ1v) is 12.0. The molecule has 0 aromatic heterocycles. The van der Waals surface area contributed by atoms with Gasteiger partial charge in [0.25, 0.3) is 5.91 Å². The summed E-state index contributed by atoms with van der Waals surface area (Å²) < 4.78 is 10.4. The number of carbonyl (C=O) groups is 4. The molecule has 0 aliphatic heterocycles. The number of alkyl carbamates (subject to hydrolysis) is 1. The van der Waals surface area contributed by atoms with E-state index in [1.54, 1.807) is 69.3 Å². The normalized spacial score (nSPS) is 12.6. The second-order valence-electron chi connectivity index (χ2n) is 9.66. The molecule has 0 fully saturated rings. The quantitative estimate of drug-likeness (QED) is 0.348. The molecular weight excluding hydrogens is 492 g/mol. The number of nitrogens with zero attached hydrogens (tertiary/aromatic N) is 1. The van der Waals surface area contributed by atoms with Gasteiger partial charge in [-0.3, -0.25) is 14.4 Å². The maximum atomic E-state index is 13.7.